The topological polar surface area (TPSA) is 146 Å². The first-order chi connectivity index (χ1) is 15.5. The Hall–Kier alpha value is -3.21. The van der Waals surface area contributed by atoms with Crippen molar-refractivity contribution in [3.63, 3.8) is 0 Å². The molecule has 4 N–H and O–H groups in total. The lowest BCUT2D eigenvalue weighted by molar-refractivity contribution is 0.0525. The second-order valence-corrected chi connectivity index (χ2v) is 9.79. The van der Waals surface area contributed by atoms with Gasteiger partial charge in [-0.2, -0.15) is 4.98 Å². The Morgan fingerprint density at radius 1 is 1.21 bits per heavy atom. The fourth-order valence-corrected chi connectivity index (χ4v) is 3.31. The molecule has 0 saturated carbocycles. The Balaban J connectivity index is 2.20. The Bertz CT molecular complexity index is 1020. The first-order valence-electron chi connectivity index (χ1n) is 10.5. The first kappa shape index (κ1) is 26.0. The highest BCUT2D eigenvalue weighted by Crippen LogP contribution is 2.27. The molecule has 0 aliphatic carbocycles. The molecule has 10 nitrogen and oxygen atoms in total. The monoisotopic (exact) mass is 477 g/mol. The second-order valence-electron chi connectivity index (χ2n) is 8.16. The van der Waals surface area contributed by atoms with Gasteiger partial charge in [0.15, 0.2) is 5.82 Å². The third-order valence-electron chi connectivity index (χ3n) is 4.08. The number of amides is 2. The molecular formula is C22H31N5O5S. The van der Waals surface area contributed by atoms with Gasteiger partial charge in [0.1, 0.15) is 11.2 Å². The van der Waals surface area contributed by atoms with Crippen molar-refractivity contribution in [3.05, 3.63) is 35.4 Å². The summed E-state index contributed by atoms with van der Waals surface area (Å²) in [5.41, 5.74) is 6.64. The average Bonchev–Trinajstić information content (AvgIpc) is 2.71. The lowest BCUT2D eigenvalue weighted by atomic mass is 10.2. The minimum absolute atomic E-state index is 0.0273. The van der Waals surface area contributed by atoms with E-state index in [1.54, 1.807) is 33.8 Å². The molecule has 0 bridgehead atoms. The molecule has 33 heavy (non-hydrogen) atoms. The summed E-state index contributed by atoms with van der Waals surface area (Å²) in [6, 6.07) is 7.45. The van der Waals surface area contributed by atoms with Gasteiger partial charge in [-0.05, 0) is 51.8 Å². The number of nitrogens with two attached hydrogens (primary N) is 1. The minimum atomic E-state index is -1.49. The molecular weight excluding hydrogens is 446 g/mol. The summed E-state index contributed by atoms with van der Waals surface area (Å²) in [5, 5.41) is 5.70. The van der Waals surface area contributed by atoms with Crippen molar-refractivity contribution in [1.82, 2.24) is 15.3 Å². The van der Waals surface area contributed by atoms with Crippen LogP contribution in [0.25, 0.3) is 0 Å². The van der Waals surface area contributed by atoms with E-state index in [2.05, 4.69) is 20.6 Å². The summed E-state index contributed by atoms with van der Waals surface area (Å²) < 4.78 is 23.3. The molecule has 2 aromatic rings. The van der Waals surface area contributed by atoms with Gasteiger partial charge in [-0.15, -0.1) is 0 Å². The molecule has 0 fully saturated rings. The molecule has 1 heterocycles. The van der Waals surface area contributed by atoms with E-state index in [0.29, 0.717) is 17.9 Å². The van der Waals surface area contributed by atoms with Crippen molar-refractivity contribution in [2.75, 3.05) is 24.2 Å². The highest BCUT2D eigenvalue weighted by atomic mass is 32.2. The quantitative estimate of drug-likeness (QED) is 0.350. The number of hydrogen-bond donors (Lipinski definition) is 3. The third-order valence-corrected chi connectivity index (χ3v) is 5.19. The van der Waals surface area contributed by atoms with Crippen molar-refractivity contribution >= 4 is 34.3 Å². The maximum Gasteiger partial charge on any atom is 0.407 e. The molecule has 0 radical (unpaired) electrons. The summed E-state index contributed by atoms with van der Waals surface area (Å²) >= 11 is 0. The van der Waals surface area contributed by atoms with Gasteiger partial charge in [0, 0.05) is 18.0 Å². The molecule has 2 rings (SSSR count). The van der Waals surface area contributed by atoms with Crippen LogP contribution in [0.3, 0.4) is 0 Å². The Labute approximate surface area is 196 Å². The number of anilines is 2. The Kier molecular flexibility index (Phi) is 9.15. The average molecular weight is 478 g/mol. The molecule has 0 spiro atoms. The number of aryl methyl sites for hydroxylation is 1. The van der Waals surface area contributed by atoms with E-state index in [-0.39, 0.29) is 35.6 Å². The number of benzene rings is 1. The molecule has 1 atom stereocenters. The number of carbonyl (C=O) groups is 2. The van der Waals surface area contributed by atoms with Crippen LogP contribution >= 0.6 is 0 Å². The van der Waals surface area contributed by atoms with Crippen LogP contribution in [0.1, 0.15) is 50.0 Å². The Morgan fingerprint density at radius 2 is 1.94 bits per heavy atom. The van der Waals surface area contributed by atoms with Crippen molar-refractivity contribution in [2.24, 2.45) is 5.73 Å². The van der Waals surface area contributed by atoms with Crippen LogP contribution < -0.4 is 21.1 Å². The smallest absolute Gasteiger partial charge is 0.407 e. The predicted octanol–water partition coefficient (Wildman–Crippen LogP) is 3.05. The largest absolute Gasteiger partial charge is 0.477 e. The summed E-state index contributed by atoms with van der Waals surface area (Å²) in [4.78, 5) is 32.4. The lowest BCUT2D eigenvalue weighted by Crippen LogP contribution is -2.33. The molecule has 0 saturated heterocycles. The van der Waals surface area contributed by atoms with Gasteiger partial charge < -0.3 is 25.8 Å². The fourth-order valence-electron chi connectivity index (χ4n) is 2.67. The number of ether oxygens (including phenoxy) is 2. The summed E-state index contributed by atoms with van der Waals surface area (Å²) in [6.45, 7) is 9.39. The number of carbonyl (C=O) groups excluding carboxylic acids is 2. The lowest BCUT2D eigenvalue weighted by Gasteiger charge is -2.19. The Morgan fingerprint density at radius 3 is 2.55 bits per heavy atom. The van der Waals surface area contributed by atoms with Crippen molar-refractivity contribution in [1.29, 1.82) is 0 Å². The van der Waals surface area contributed by atoms with Crippen LogP contribution in [0, 0.1) is 6.92 Å². The van der Waals surface area contributed by atoms with Crippen molar-refractivity contribution in [2.45, 2.75) is 51.8 Å². The van der Waals surface area contributed by atoms with E-state index < -0.39 is 28.4 Å². The van der Waals surface area contributed by atoms with Crippen LogP contribution in [0.5, 0.6) is 5.88 Å². The first-order valence-corrected chi connectivity index (χ1v) is 11.9. The number of nitrogens with one attached hydrogen (secondary N) is 2. The molecule has 0 aliphatic rings. The highest BCUT2D eigenvalue weighted by Gasteiger charge is 2.23. The van der Waals surface area contributed by atoms with Gasteiger partial charge >= 0.3 is 6.09 Å². The van der Waals surface area contributed by atoms with E-state index in [1.807, 2.05) is 25.1 Å². The molecule has 180 valence electrons. The van der Waals surface area contributed by atoms with E-state index in [4.69, 9.17) is 15.2 Å². The normalized spacial score (nSPS) is 12.0. The predicted molar refractivity (Wildman–Crippen MR) is 126 cm³/mol. The van der Waals surface area contributed by atoms with Gasteiger partial charge in [-0.1, -0.05) is 19.1 Å². The molecule has 1 unspecified atom stereocenters. The van der Waals surface area contributed by atoms with Crippen LogP contribution in [-0.4, -0.2) is 50.7 Å². The van der Waals surface area contributed by atoms with Gasteiger partial charge in [-0.25, -0.2) is 9.78 Å². The van der Waals surface area contributed by atoms with Crippen molar-refractivity contribution < 1.29 is 23.3 Å². The van der Waals surface area contributed by atoms with Crippen LogP contribution in [0.15, 0.2) is 29.4 Å². The third kappa shape index (κ3) is 8.33. The zero-order valence-electron chi connectivity index (χ0n) is 19.6. The zero-order valence-corrected chi connectivity index (χ0v) is 20.4. The molecule has 1 aromatic heterocycles. The van der Waals surface area contributed by atoms with Crippen LogP contribution in [-0.2, 0) is 15.5 Å². The van der Waals surface area contributed by atoms with Crippen LogP contribution in [0.2, 0.25) is 0 Å². The van der Waals surface area contributed by atoms with Crippen LogP contribution in [0.4, 0.5) is 16.3 Å². The van der Waals surface area contributed by atoms with E-state index in [1.165, 1.54) is 0 Å². The van der Waals surface area contributed by atoms with E-state index >= 15 is 0 Å². The van der Waals surface area contributed by atoms with Gasteiger partial charge in [0.05, 0.1) is 17.4 Å². The molecule has 2 amide bonds. The summed E-state index contributed by atoms with van der Waals surface area (Å²) in [7, 11) is -1.49. The van der Waals surface area contributed by atoms with Crippen molar-refractivity contribution in [3.8, 4) is 5.88 Å². The fraction of sp³-hybridized carbons (Fsp3) is 0.455. The molecule has 0 aliphatic heterocycles. The van der Waals surface area contributed by atoms with Gasteiger partial charge in [-0.3, -0.25) is 9.00 Å². The molecule has 11 heteroatoms. The number of primary amides is 1. The minimum Gasteiger partial charge on any atom is -0.477 e. The van der Waals surface area contributed by atoms with Gasteiger partial charge in [0.25, 0.3) is 5.91 Å². The van der Waals surface area contributed by atoms with Gasteiger partial charge in [0.2, 0.25) is 11.0 Å². The van der Waals surface area contributed by atoms with E-state index in [0.717, 1.165) is 5.56 Å². The number of alkyl carbamates (subject to hydrolysis) is 1. The SMILES string of the molecule is CCS(=O)c1nc(Nc2cccc(C)c2)c(C(N)=O)c(OCCCNC(=O)OC(C)(C)C)n1. The maximum absolute atomic E-state index is 12.4. The van der Waals surface area contributed by atoms with E-state index in [9.17, 15) is 13.8 Å². The number of hydrogen-bond acceptors (Lipinski definition) is 8. The number of nitrogens with zero attached hydrogens (tertiary/aromatic N) is 2. The molecule has 1 aromatic carbocycles. The second kappa shape index (κ2) is 11.6. The number of rotatable bonds is 10. The summed E-state index contributed by atoms with van der Waals surface area (Å²) in [6.07, 6.45) is -0.124. The zero-order chi connectivity index (χ0) is 24.6. The number of aromatic nitrogens is 2. The standard InChI is InChI=1S/C22H31N5O5S/c1-6-33(30)20-26-18(25-15-10-7-9-14(2)13-15)16(17(23)28)19(27-20)31-12-8-11-24-21(29)32-22(3,4)5/h7,9-10,13H,6,8,11-12H2,1-5H3,(H2,23,28)(H,24,29)(H,25,26,27). The summed E-state index contributed by atoms with van der Waals surface area (Å²) in [5.74, 6) is -0.455. The highest BCUT2D eigenvalue weighted by molar-refractivity contribution is 7.84. The maximum atomic E-state index is 12.4.